The summed E-state index contributed by atoms with van der Waals surface area (Å²) in [7, 11) is 0. The molecule has 2 aromatic rings. The summed E-state index contributed by atoms with van der Waals surface area (Å²) < 4.78 is 38.7. The molecule has 2 aliphatic heterocycles. The molecule has 10 heteroatoms. The van der Waals surface area contributed by atoms with E-state index in [1.165, 1.54) is 24.3 Å². The van der Waals surface area contributed by atoms with E-state index in [4.69, 9.17) is 5.11 Å². The van der Waals surface area contributed by atoms with Crippen molar-refractivity contribution < 1.29 is 32.7 Å². The molecule has 3 amide bonds. The average Bonchev–Trinajstić information content (AvgIpc) is 3.74. The van der Waals surface area contributed by atoms with E-state index in [0.29, 0.717) is 30.9 Å². The van der Waals surface area contributed by atoms with Crippen molar-refractivity contribution in [3.8, 4) is 0 Å². The summed E-state index contributed by atoms with van der Waals surface area (Å²) in [6.07, 6.45) is -1.30. The Morgan fingerprint density at radius 1 is 1.03 bits per heavy atom. The van der Waals surface area contributed by atoms with E-state index >= 15 is 0 Å². The van der Waals surface area contributed by atoms with E-state index in [0.717, 1.165) is 37.1 Å². The zero-order valence-electron chi connectivity index (χ0n) is 19.2. The van der Waals surface area contributed by atoms with Crippen LogP contribution in [0.4, 0.5) is 18.0 Å². The molecule has 2 aliphatic carbocycles. The number of hydrogen-bond donors (Lipinski definition) is 2. The van der Waals surface area contributed by atoms with E-state index < -0.39 is 34.8 Å². The van der Waals surface area contributed by atoms with Crippen LogP contribution in [0.25, 0.3) is 0 Å². The van der Waals surface area contributed by atoms with Crippen molar-refractivity contribution in [3.05, 3.63) is 70.8 Å². The number of carbonyl (C=O) groups is 3. The Bertz CT molecular complexity index is 1260. The number of carbonyl (C=O) groups excluding carboxylic acids is 2. The molecule has 2 N–H and O–H groups in total. The predicted octanol–water partition coefficient (Wildman–Crippen LogP) is 3.98. The summed E-state index contributed by atoms with van der Waals surface area (Å²) in [5.41, 5.74) is -0.407. The van der Waals surface area contributed by atoms with E-state index in [9.17, 15) is 27.6 Å². The number of piperidine rings is 1. The Morgan fingerprint density at radius 3 is 2.28 bits per heavy atom. The van der Waals surface area contributed by atoms with Crippen molar-refractivity contribution >= 4 is 17.9 Å². The highest BCUT2D eigenvalue weighted by Gasteiger charge is 2.90. The van der Waals surface area contributed by atoms with Crippen LogP contribution in [0.3, 0.4) is 0 Å². The Morgan fingerprint density at radius 2 is 1.69 bits per heavy atom. The summed E-state index contributed by atoms with van der Waals surface area (Å²) in [6, 6.07) is 10.8. The number of halogens is 3. The Kier molecular flexibility index (Phi) is 4.83. The number of carboxylic acids is 1. The Labute approximate surface area is 204 Å². The molecule has 36 heavy (non-hydrogen) atoms. The largest absolute Gasteiger partial charge is 0.478 e. The first-order chi connectivity index (χ1) is 17.1. The van der Waals surface area contributed by atoms with Crippen LogP contribution in [0.1, 0.15) is 52.7 Å². The molecule has 0 unspecified atom stereocenters. The average molecular weight is 499 g/mol. The first-order valence-electron chi connectivity index (χ1n) is 12.0. The lowest BCUT2D eigenvalue weighted by molar-refractivity contribution is -0.137. The zero-order chi connectivity index (χ0) is 25.5. The Hall–Kier alpha value is -3.40. The minimum absolute atomic E-state index is 0.0206. The number of benzene rings is 2. The lowest BCUT2D eigenvalue weighted by atomic mass is 9.94. The van der Waals surface area contributed by atoms with Gasteiger partial charge >= 0.3 is 18.2 Å². The lowest BCUT2D eigenvalue weighted by Crippen LogP contribution is -2.51. The molecule has 4 aliphatic rings. The Balaban J connectivity index is 1.13. The van der Waals surface area contributed by atoms with Gasteiger partial charge in [-0.2, -0.15) is 13.2 Å². The molecule has 6 rings (SSSR count). The molecule has 2 saturated carbocycles. The van der Waals surface area contributed by atoms with Gasteiger partial charge in [0.1, 0.15) is 5.66 Å². The van der Waals surface area contributed by atoms with Crippen molar-refractivity contribution in [2.24, 2.45) is 5.92 Å². The maximum Gasteiger partial charge on any atom is 0.416 e. The molecule has 7 nitrogen and oxygen atoms in total. The highest BCUT2D eigenvalue weighted by atomic mass is 19.4. The number of carboxylic acid groups (broad SMARTS) is 1. The molecule has 2 heterocycles. The SMILES string of the molecule is O=C(O)c1ccc(C2(C(=O)NC(=O)N3[C@@H]4[C@H]5CCCN(Cc6ccc(C(F)(F)F)cc6)[C@@]543)CC2)cc1. The molecule has 1 spiro atoms. The zero-order valence-corrected chi connectivity index (χ0v) is 19.2. The molecule has 4 fully saturated rings. The predicted molar refractivity (Wildman–Crippen MR) is 121 cm³/mol. The molecule has 0 aromatic heterocycles. The van der Waals surface area contributed by atoms with Gasteiger partial charge in [-0.15, -0.1) is 0 Å². The van der Waals surface area contributed by atoms with Gasteiger partial charge in [0.15, 0.2) is 0 Å². The number of imide groups is 1. The molecule has 0 radical (unpaired) electrons. The summed E-state index contributed by atoms with van der Waals surface area (Å²) in [4.78, 5) is 41.1. The standard InChI is InChI=1S/C26H24F3N3O4/c27-26(28,29)18-7-3-15(4-8-18)14-31-13-1-2-19-20-25(19,31)32(20)23(36)30-22(35)24(11-12-24)17-9-5-16(6-10-17)21(33)34/h3-10,19-20H,1-2,11-14H2,(H,33,34)(H,30,35,36)/t19-,20-,25-,32?/m1/s1. The van der Waals surface area contributed by atoms with Gasteiger partial charge in [0.25, 0.3) is 0 Å². The lowest BCUT2D eigenvalue weighted by Gasteiger charge is -2.36. The summed E-state index contributed by atoms with van der Waals surface area (Å²) in [6.45, 7) is 1.16. The number of urea groups is 1. The normalized spacial score (nSPS) is 27.5. The van der Waals surface area contributed by atoms with Crippen molar-refractivity contribution in [1.82, 2.24) is 15.1 Å². The van der Waals surface area contributed by atoms with Crippen molar-refractivity contribution in [2.45, 2.75) is 55.5 Å². The number of nitrogens with zero attached hydrogens (tertiary/aromatic N) is 2. The summed E-state index contributed by atoms with van der Waals surface area (Å²) in [5, 5.41) is 11.7. The molecule has 0 bridgehead atoms. The topological polar surface area (TPSA) is 89.7 Å². The van der Waals surface area contributed by atoms with E-state index in [1.807, 2.05) is 0 Å². The van der Waals surface area contributed by atoms with Crippen LogP contribution in [-0.2, 0) is 22.9 Å². The van der Waals surface area contributed by atoms with Crippen LogP contribution >= 0.6 is 0 Å². The maximum absolute atomic E-state index is 13.1. The smallest absolute Gasteiger partial charge is 0.416 e. The fourth-order valence-corrected chi connectivity index (χ4v) is 6.12. The summed E-state index contributed by atoms with van der Waals surface area (Å²) in [5.74, 6) is -1.12. The van der Waals surface area contributed by atoms with Crippen LogP contribution in [0.2, 0.25) is 0 Å². The fourth-order valence-electron chi connectivity index (χ4n) is 6.12. The first kappa shape index (κ1) is 23.0. The van der Waals surface area contributed by atoms with Crippen LogP contribution in [0, 0.1) is 5.92 Å². The van der Waals surface area contributed by atoms with Gasteiger partial charge in [0.2, 0.25) is 5.91 Å². The second kappa shape index (κ2) is 7.55. The highest BCUT2D eigenvalue weighted by Crippen LogP contribution is 2.73. The third kappa shape index (κ3) is 3.34. The van der Waals surface area contributed by atoms with Gasteiger partial charge < -0.3 is 5.11 Å². The fraction of sp³-hybridized carbons (Fsp3) is 0.423. The van der Waals surface area contributed by atoms with Gasteiger partial charge in [-0.3, -0.25) is 19.9 Å². The second-order valence-electron chi connectivity index (χ2n) is 10.2. The number of alkyl halides is 3. The van der Waals surface area contributed by atoms with E-state index in [1.54, 1.807) is 17.0 Å². The number of amides is 3. The first-order valence-corrected chi connectivity index (χ1v) is 12.0. The quantitative estimate of drug-likeness (QED) is 0.608. The number of aromatic carboxylic acids is 1. The molecular formula is C26H24F3N3O4. The van der Waals surface area contributed by atoms with Crippen molar-refractivity contribution in [1.29, 1.82) is 0 Å². The third-order valence-corrected chi connectivity index (χ3v) is 8.26. The van der Waals surface area contributed by atoms with E-state index in [-0.39, 0.29) is 17.5 Å². The minimum atomic E-state index is -4.38. The maximum atomic E-state index is 13.1. The second-order valence-corrected chi connectivity index (χ2v) is 10.2. The van der Waals surface area contributed by atoms with Gasteiger partial charge in [-0.05, 0) is 61.1 Å². The van der Waals surface area contributed by atoms with Gasteiger partial charge in [0, 0.05) is 19.0 Å². The number of fused-ring (bicyclic) bond motifs is 1. The minimum Gasteiger partial charge on any atom is -0.478 e. The highest BCUT2D eigenvalue weighted by molar-refractivity contribution is 6.03. The molecule has 188 valence electrons. The van der Waals surface area contributed by atoms with Crippen molar-refractivity contribution in [2.75, 3.05) is 6.54 Å². The van der Waals surface area contributed by atoms with Gasteiger partial charge in [-0.25, -0.2) is 9.59 Å². The van der Waals surface area contributed by atoms with Crippen LogP contribution in [0.5, 0.6) is 0 Å². The number of hydrogen-bond acceptors (Lipinski definition) is 4. The number of likely N-dealkylation sites (tertiary alicyclic amines) is 2. The van der Waals surface area contributed by atoms with Crippen LogP contribution in [0.15, 0.2) is 48.5 Å². The molecule has 2 saturated heterocycles. The molecular weight excluding hydrogens is 475 g/mol. The third-order valence-electron chi connectivity index (χ3n) is 8.26. The summed E-state index contributed by atoms with van der Waals surface area (Å²) >= 11 is 0. The van der Waals surface area contributed by atoms with E-state index in [2.05, 4.69) is 10.2 Å². The number of nitrogens with one attached hydrogen (secondary N) is 1. The van der Waals surface area contributed by atoms with Gasteiger partial charge in [-0.1, -0.05) is 24.3 Å². The molecule has 3 atom stereocenters. The van der Waals surface area contributed by atoms with Crippen LogP contribution in [-0.4, -0.2) is 51.1 Å². The van der Waals surface area contributed by atoms with Gasteiger partial charge in [0.05, 0.1) is 22.6 Å². The van der Waals surface area contributed by atoms with Crippen molar-refractivity contribution in [3.63, 3.8) is 0 Å². The number of rotatable bonds is 5. The van der Waals surface area contributed by atoms with Crippen LogP contribution < -0.4 is 5.32 Å². The monoisotopic (exact) mass is 499 g/mol. The molecule has 2 aromatic carbocycles.